The molecule has 0 aliphatic heterocycles. The molecule has 1 aromatic heterocycles. The molecule has 0 saturated heterocycles. The number of ether oxygens (including phenoxy) is 2. The minimum atomic E-state index is -1.64. The maximum atomic E-state index is 13.7. The normalized spacial score (nSPS) is 11.8. The Morgan fingerprint density at radius 2 is 1.78 bits per heavy atom. The number of halogens is 3. The van der Waals surface area contributed by atoms with E-state index in [1.54, 1.807) is 35.9 Å². The first-order valence-electron chi connectivity index (χ1n) is 9.64. The van der Waals surface area contributed by atoms with E-state index in [1.807, 2.05) is 13.8 Å². The van der Waals surface area contributed by atoms with Crippen molar-refractivity contribution in [2.24, 2.45) is 0 Å². The third-order valence-corrected chi connectivity index (χ3v) is 5.41. The van der Waals surface area contributed by atoms with Gasteiger partial charge < -0.3 is 19.4 Å². The predicted octanol–water partition coefficient (Wildman–Crippen LogP) is 4.59. The summed E-state index contributed by atoms with van der Waals surface area (Å²) in [6.45, 7) is 4.25. The van der Waals surface area contributed by atoms with Crippen molar-refractivity contribution in [2.45, 2.75) is 31.7 Å². The van der Waals surface area contributed by atoms with Gasteiger partial charge in [0, 0.05) is 6.54 Å². The lowest BCUT2D eigenvalue weighted by Gasteiger charge is -2.16. The molecule has 11 heteroatoms. The molecule has 1 N–H and O–H groups in total. The van der Waals surface area contributed by atoms with E-state index in [4.69, 9.17) is 9.47 Å². The Morgan fingerprint density at radius 1 is 1.09 bits per heavy atom. The Hall–Kier alpha value is -3.21. The molecule has 0 aliphatic carbocycles. The number of hydrogen-bond acceptors (Lipinski definition) is 6. The van der Waals surface area contributed by atoms with E-state index in [-0.39, 0.29) is 5.75 Å². The zero-order valence-electron chi connectivity index (χ0n) is 17.6. The number of nitrogens with one attached hydrogen (secondary N) is 1. The van der Waals surface area contributed by atoms with Crippen molar-refractivity contribution in [3.05, 3.63) is 59.7 Å². The fraction of sp³-hybridized carbons (Fsp3) is 0.286. The highest BCUT2D eigenvalue weighted by Crippen LogP contribution is 2.26. The van der Waals surface area contributed by atoms with Gasteiger partial charge in [-0.1, -0.05) is 11.8 Å². The molecule has 0 saturated carbocycles. The standard InChI is InChI=1S/C21H21F3N4O3S/c1-4-28-20(12(2)31-14-7-5-13(30-3)6-8-14)26-27-21(28)32-11-17(29)25-16-10-9-15(22)18(23)19(16)24/h5-10,12H,4,11H2,1-3H3,(H,25,29). The van der Waals surface area contributed by atoms with Crippen LogP contribution < -0.4 is 14.8 Å². The highest BCUT2D eigenvalue weighted by Gasteiger charge is 2.20. The molecule has 1 amide bonds. The van der Waals surface area contributed by atoms with Crippen LogP contribution in [0.3, 0.4) is 0 Å². The van der Waals surface area contributed by atoms with Gasteiger partial charge in [0.25, 0.3) is 0 Å². The zero-order chi connectivity index (χ0) is 23.3. The molecule has 3 aromatic rings. The van der Waals surface area contributed by atoms with Gasteiger partial charge >= 0.3 is 0 Å². The van der Waals surface area contributed by atoms with Crippen molar-refractivity contribution < 1.29 is 27.4 Å². The topological polar surface area (TPSA) is 78.3 Å². The minimum absolute atomic E-state index is 0.135. The number of aromatic nitrogens is 3. The summed E-state index contributed by atoms with van der Waals surface area (Å²) in [6.07, 6.45) is -0.421. The number of methoxy groups -OCH3 is 1. The van der Waals surface area contributed by atoms with Gasteiger partial charge in [-0.05, 0) is 50.2 Å². The largest absolute Gasteiger partial charge is 0.497 e. The van der Waals surface area contributed by atoms with Crippen molar-refractivity contribution in [1.82, 2.24) is 14.8 Å². The first kappa shape index (κ1) is 23.5. The number of nitrogens with zero attached hydrogens (tertiary/aromatic N) is 3. The molecule has 0 fully saturated rings. The Morgan fingerprint density at radius 3 is 2.44 bits per heavy atom. The van der Waals surface area contributed by atoms with E-state index in [9.17, 15) is 18.0 Å². The lowest BCUT2D eigenvalue weighted by molar-refractivity contribution is -0.113. The molecule has 0 radical (unpaired) electrons. The average Bonchev–Trinajstić information content (AvgIpc) is 3.21. The summed E-state index contributed by atoms with van der Waals surface area (Å²) in [5.41, 5.74) is -0.436. The van der Waals surface area contributed by atoms with E-state index in [2.05, 4.69) is 15.5 Å². The number of benzene rings is 2. The molecule has 0 spiro atoms. The summed E-state index contributed by atoms with van der Waals surface area (Å²) < 4.78 is 52.9. The Bertz CT molecular complexity index is 1090. The molecular weight excluding hydrogens is 445 g/mol. The highest BCUT2D eigenvalue weighted by atomic mass is 32.2. The number of anilines is 1. The van der Waals surface area contributed by atoms with Crippen molar-refractivity contribution in [3.63, 3.8) is 0 Å². The second-order valence-corrected chi connectivity index (χ2v) is 7.52. The van der Waals surface area contributed by atoms with Crippen LogP contribution in [0, 0.1) is 17.5 Å². The van der Waals surface area contributed by atoms with Gasteiger partial charge in [-0.25, -0.2) is 13.2 Å². The van der Waals surface area contributed by atoms with E-state index in [1.165, 1.54) is 0 Å². The molecule has 32 heavy (non-hydrogen) atoms. The smallest absolute Gasteiger partial charge is 0.234 e. The van der Waals surface area contributed by atoms with Gasteiger partial charge in [0.15, 0.2) is 34.5 Å². The lowest BCUT2D eigenvalue weighted by atomic mass is 10.3. The third kappa shape index (κ3) is 5.34. The quantitative estimate of drug-likeness (QED) is 0.367. The molecule has 1 atom stereocenters. The zero-order valence-corrected chi connectivity index (χ0v) is 18.4. The van der Waals surface area contributed by atoms with E-state index in [0.29, 0.717) is 29.0 Å². The number of thioether (sulfide) groups is 1. The van der Waals surface area contributed by atoms with Crippen LogP contribution in [0.1, 0.15) is 25.8 Å². The molecule has 1 unspecified atom stereocenters. The Balaban J connectivity index is 1.64. The molecule has 7 nitrogen and oxygen atoms in total. The second-order valence-electron chi connectivity index (χ2n) is 6.58. The minimum Gasteiger partial charge on any atom is -0.497 e. The first-order valence-corrected chi connectivity index (χ1v) is 10.6. The molecule has 3 rings (SSSR count). The van der Waals surface area contributed by atoms with E-state index in [0.717, 1.165) is 23.9 Å². The van der Waals surface area contributed by atoms with E-state index >= 15 is 0 Å². The number of carbonyl (C=O) groups excluding carboxylic acids is 1. The monoisotopic (exact) mass is 466 g/mol. The fourth-order valence-electron chi connectivity index (χ4n) is 2.85. The molecule has 0 bridgehead atoms. The molecule has 170 valence electrons. The van der Waals surface area contributed by atoms with Crippen molar-refractivity contribution in [2.75, 3.05) is 18.2 Å². The van der Waals surface area contributed by atoms with Gasteiger partial charge in [0.2, 0.25) is 5.91 Å². The summed E-state index contributed by atoms with van der Waals surface area (Å²) in [5, 5.41) is 11.0. The summed E-state index contributed by atoms with van der Waals surface area (Å²) >= 11 is 1.08. The maximum absolute atomic E-state index is 13.7. The van der Waals surface area contributed by atoms with Crippen LogP contribution in [0.2, 0.25) is 0 Å². The fourth-order valence-corrected chi connectivity index (χ4v) is 3.66. The Kier molecular flexibility index (Phi) is 7.62. The van der Waals surface area contributed by atoms with E-state index < -0.39 is 35.2 Å². The number of carbonyl (C=O) groups is 1. The average molecular weight is 466 g/mol. The van der Waals surface area contributed by atoms with Crippen LogP contribution in [0.25, 0.3) is 0 Å². The van der Waals surface area contributed by atoms with Crippen LogP contribution in [-0.4, -0.2) is 33.5 Å². The number of rotatable bonds is 9. The summed E-state index contributed by atoms with van der Waals surface area (Å²) in [5.74, 6) is -3.25. The predicted molar refractivity (Wildman–Crippen MR) is 113 cm³/mol. The molecule has 1 heterocycles. The second kappa shape index (κ2) is 10.4. The van der Waals surface area contributed by atoms with Gasteiger partial charge in [-0.3, -0.25) is 4.79 Å². The molecular formula is C21H21F3N4O3S. The van der Waals surface area contributed by atoms with Gasteiger partial charge in [-0.2, -0.15) is 0 Å². The van der Waals surface area contributed by atoms with Crippen LogP contribution in [0.15, 0.2) is 41.6 Å². The molecule has 2 aromatic carbocycles. The summed E-state index contributed by atoms with van der Waals surface area (Å²) in [7, 11) is 1.58. The van der Waals surface area contributed by atoms with Crippen molar-refractivity contribution in [3.8, 4) is 11.5 Å². The molecule has 0 aliphatic rings. The van der Waals surface area contributed by atoms with Gasteiger partial charge in [-0.15, -0.1) is 10.2 Å². The van der Waals surface area contributed by atoms with Gasteiger partial charge in [0.1, 0.15) is 11.5 Å². The van der Waals surface area contributed by atoms with Crippen molar-refractivity contribution >= 4 is 23.4 Å². The van der Waals surface area contributed by atoms with Crippen LogP contribution >= 0.6 is 11.8 Å². The summed E-state index contributed by atoms with van der Waals surface area (Å²) in [4.78, 5) is 12.2. The van der Waals surface area contributed by atoms with Crippen LogP contribution in [0.5, 0.6) is 11.5 Å². The lowest BCUT2D eigenvalue weighted by Crippen LogP contribution is -2.16. The number of hydrogen-bond donors (Lipinski definition) is 1. The third-order valence-electron chi connectivity index (χ3n) is 4.44. The maximum Gasteiger partial charge on any atom is 0.234 e. The highest BCUT2D eigenvalue weighted by molar-refractivity contribution is 7.99. The van der Waals surface area contributed by atoms with Crippen molar-refractivity contribution in [1.29, 1.82) is 0 Å². The Labute approximate surface area is 186 Å². The van der Waals surface area contributed by atoms with Gasteiger partial charge in [0.05, 0.1) is 18.6 Å². The van der Waals surface area contributed by atoms with Crippen LogP contribution in [0.4, 0.5) is 18.9 Å². The SMILES string of the molecule is CCn1c(SCC(=O)Nc2ccc(F)c(F)c2F)nnc1C(C)Oc1ccc(OC)cc1. The summed E-state index contributed by atoms with van der Waals surface area (Å²) in [6, 6.07) is 8.82. The number of amides is 1. The first-order chi connectivity index (χ1) is 15.3. The van der Waals surface area contributed by atoms with Crippen LogP contribution in [-0.2, 0) is 11.3 Å².